The summed E-state index contributed by atoms with van der Waals surface area (Å²) in [5, 5.41) is 22.2. The van der Waals surface area contributed by atoms with Crippen molar-refractivity contribution in [2.45, 2.75) is 49.4 Å². The smallest absolute Gasteiger partial charge is 0.257 e. The van der Waals surface area contributed by atoms with Crippen molar-refractivity contribution in [3.63, 3.8) is 0 Å². The third kappa shape index (κ3) is 6.02. The van der Waals surface area contributed by atoms with E-state index < -0.39 is 84.5 Å². The molecule has 222 valence electrons. The average Bonchev–Trinajstić information content (AvgIpc) is 3.24. The number of hydrogen-bond donors (Lipinski definition) is 2. The number of hydrogen-bond acceptors (Lipinski definition) is 6. The van der Waals surface area contributed by atoms with Crippen LogP contribution in [0.2, 0.25) is 5.02 Å². The van der Waals surface area contributed by atoms with Crippen molar-refractivity contribution < 1.29 is 37.1 Å². The van der Waals surface area contributed by atoms with E-state index in [0.717, 1.165) is 21.9 Å². The first-order chi connectivity index (χ1) is 20.4. The Kier molecular flexibility index (Phi) is 8.09. The molecule has 5 rings (SSSR count). The molecule has 2 aromatic carbocycles. The maximum absolute atomic E-state index is 14.6. The largest absolute Gasteiger partial charge is 0.383 e. The topological polar surface area (TPSA) is 127 Å². The van der Waals surface area contributed by atoms with E-state index in [2.05, 4.69) is 10.3 Å². The number of nitrogens with zero attached hydrogens (tertiary/aromatic N) is 4. The number of aliphatic hydroxyl groups excluding tert-OH is 1. The van der Waals surface area contributed by atoms with Gasteiger partial charge in [-0.15, -0.1) is 0 Å². The summed E-state index contributed by atoms with van der Waals surface area (Å²) in [6, 6.07) is 8.04. The van der Waals surface area contributed by atoms with E-state index in [1.54, 1.807) is 0 Å². The number of aromatic nitrogens is 1. The Labute approximate surface area is 247 Å². The second kappa shape index (κ2) is 11.6. The zero-order valence-corrected chi connectivity index (χ0v) is 22.8. The number of nitriles is 1. The van der Waals surface area contributed by atoms with E-state index >= 15 is 0 Å². The van der Waals surface area contributed by atoms with Gasteiger partial charge in [0.25, 0.3) is 17.7 Å². The lowest BCUT2D eigenvalue weighted by Gasteiger charge is -2.39. The van der Waals surface area contributed by atoms with Crippen LogP contribution in [0, 0.1) is 23.0 Å². The molecule has 0 spiro atoms. The van der Waals surface area contributed by atoms with Crippen LogP contribution >= 0.6 is 11.6 Å². The zero-order valence-electron chi connectivity index (χ0n) is 22.1. The van der Waals surface area contributed by atoms with Crippen molar-refractivity contribution in [2.75, 3.05) is 9.80 Å². The van der Waals surface area contributed by atoms with Crippen molar-refractivity contribution in [3.05, 3.63) is 88.6 Å². The first kappa shape index (κ1) is 29.9. The van der Waals surface area contributed by atoms with E-state index in [-0.39, 0.29) is 22.0 Å². The van der Waals surface area contributed by atoms with Crippen LogP contribution in [-0.4, -0.2) is 51.9 Å². The van der Waals surface area contributed by atoms with Crippen LogP contribution in [0.1, 0.15) is 36.4 Å². The summed E-state index contributed by atoms with van der Waals surface area (Å²) in [6.45, 7) is 0. The van der Waals surface area contributed by atoms with Gasteiger partial charge in [-0.1, -0.05) is 29.8 Å². The molecule has 1 aliphatic heterocycles. The van der Waals surface area contributed by atoms with Gasteiger partial charge in [0.05, 0.1) is 17.3 Å². The number of alkyl halides is 2. The van der Waals surface area contributed by atoms with Crippen LogP contribution in [0.5, 0.6) is 0 Å². The number of nitrogens with one attached hydrogen (secondary N) is 1. The second-order valence-electron chi connectivity index (χ2n) is 10.2. The quantitative estimate of drug-likeness (QED) is 0.387. The van der Waals surface area contributed by atoms with Crippen LogP contribution in [0.4, 0.5) is 29.1 Å². The number of rotatable bonds is 7. The van der Waals surface area contributed by atoms with E-state index in [1.165, 1.54) is 42.6 Å². The number of halogens is 5. The molecule has 1 saturated heterocycles. The molecule has 1 aromatic heterocycles. The fourth-order valence-corrected chi connectivity index (χ4v) is 5.45. The summed E-state index contributed by atoms with van der Waals surface area (Å²) >= 11 is 6.42. The Bertz CT molecular complexity index is 1620. The zero-order chi connectivity index (χ0) is 31.1. The fourth-order valence-electron chi connectivity index (χ4n) is 5.22. The SMILES string of the molecule is N#Cc1ccnc(N2C(=O)[C@H](O)C[C@H]2C(=O)N(c2cc(F)cc(F)c2)[C@H](C(=O)NC2CC(F)(F)C2)c2ccccc2Cl)c1. The van der Waals surface area contributed by atoms with Gasteiger partial charge in [0.15, 0.2) is 0 Å². The summed E-state index contributed by atoms with van der Waals surface area (Å²) in [5.74, 6) is -8.36. The Morgan fingerprint density at radius 3 is 2.44 bits per heavy atom. The van der Waals surface area contributed by atoms with Gasteiger partial charge in [0.2, 0.25) is 5.91 Å². The van der Waals surface area contributed by atoms with Crippen molar-refractivity contribution in [3.8, 4) is 6.07 Å². The number of pyridine rings is 1. The minimum absolute atomic E-state index is 0.00760. The highest BCUT2D eigenvalue weighted by Gasteiger charge is 2.50. The van der Waals surface area contributed by atoms with Gasteiger partial charge in [-0.05, 0) is 30.3 Å². The molecule has 2 N–H and O–H groups in total. The molecule has 9 nitrogen and oxygen atoms in total. The normalized spacial score (nSPS) is 20.2. The number of amides is 3. The van der Waals surface area contributed by atoms with Gasteiger partial charge in [0, 0.05) is 48.2 Å². The molecule has 0 unspecified atom stereocenters. The van der Waals surface area contributed by atoms with E-state index in [4.69, 9.17) is 11.6 Å². The number of carbonyl (C=O) groups excluding carboxylic acids is 3. The third-order valence-corrected chi connectivity index (χ3v) is 7.54. The summed E-state index contributed by atoms with van der Waals surface area (Å²) in [7, 11) is 0. The summed E-state index contributed by atoms with van der Waals surface area (Å²) in [5.41, 5.74) is -0.374. The molecule has 2 heterocycles. The predicted molar refractivity (Wildman–Crippen MR) is 145 cm³/mol. The van der Waals surface area contributed by atoms with E-state index in [0.29, 0.717) is 6.07 Å². The van der Waals surface area contributed by atoms with Crippen molar-refractivity contribution in [1.29, 1.82) is 5.26 Å². The lowest BCUT2D eigenvalue weighted by Crippen LogP contribution is -2.56. The first-order valence-corrected chi connectivity index (χ1v) is 13.4. The molecule has 3 aromatic rings. The Morgan fingerprint density at radius 2 is 1.81 bits per heavy atom. The molecular formula is C29H22ClF4N5O4. The third-order valence-electron chi connectivity index (χ3n) is 7.19. The van der Waals surface area contributed by atoms with Gasteiger partial charge in [-0.2, -0.15) is 5.26 Å². The summed E-state index contributed by atoms with van der Waals surface area (Å²) < 4.78 is 56.3. The van der Waals surface area contributed by atoms with Gasteiger partial charge >= 0.3 is 0 Å². The standard InChI is InChI=1S/C29H22ClF4N5O4/c30-21-4-2-1-3-20(21)25(26(41)37-18-12-29(33,34)13-18)38(19-9-16(31)8-17(32)10-19)27(42)22-11-23(40)28(43)39(22)24-7-15(14-35)5-6-36-24/h1-10,18,22-23,25,40H,11-13H2,(H,37,41)/t22-,23+,25-/m0/s1. The minimum atomic E-state index is -3.00. The molecule has 1 saturated carbocycles. The lowest BCUT2D eigenvalue weighted by molar-refractivity contribution is -0.133. The highest BCUT2D eigenvalue weighted by atomic mass is 35.5. The van der Waals surface area contributed by atoms with Gasteiger partial charge in [-0.25, -0.2) is 22.5 Å². The second-order valence-corrected chi connectivity index (χ2v) is 10.6. The lowest BCUT2D eigenvalue weighted by atomic mass is 9.87. The Morgan fingerprint density at radius 1 is 1.14 bits per heavy atom. The molecule has 2 fully saturated rings. The molecule has 2 aliphatic rings. The van der Waals surface area contributed by atoms with Crippen LogP contribution < -0.4 is 15.1 Å². The Balaban J connectivity index is 1.65. The average molecular weight is 616 g/mol. The van der Waals surface area contributed by atoms with Crippen LogP contribution in [0.25, 0.3) is 0 Å². The Hall–Kier alpha value is -4.54. The van der Waals surface area contributed by atoms with Crippen LogP contribution in [0.3, 0.4) is 0 Å². The number of carbonyl (C=O) groups is 3. The molecule has 3 amide bonds. The van der Waals surface area contributed by atoms with Crippen molar-refractivity contribution >= 4 is 40.8 Å². The van der Waals surface area contributed by atoms with Gasteiger partial charge in [0.1, 0.15) is 35.6 Å². The number of aliphatic hydroxyl groups is 1. The highest BCUT2D eigenvalue weighted by molar-refractivity contribution is 6.31. The molecule has 3 atom stereocenters. The predicted octanol–water partition coefficient (Wildman–Crippen LogP) is 4.04. The number of benzene rings is 2. The van der Waals surface area contributed by atoms with Crippen LogP contribution in [-0.2, 0) is 14.4 Å². The van der Waals surface area contributed by atoms with E-state index in [9.17, 15) is 42.3 Å². The summed E-state index contributed by atoms with van der Waals surface area (Å²) in [4.78, 5) is 46.9. The summed E-state index contributed by atoms with van der Waals surface area (Å²) in [6.07, 6.45) is -2.31. The molecule has 1 aliphatic carbocycles. The van der Waals surface area contributed by atoms with E-state index in [1.807, 2.05) is 6.07 Å². The molecule has 14 heteroatoms. The van der Waals surface area contributed by atoms with Crippen LogP contribution in [0.15, 0.2) is 60.8 Å². The van der Waals surface area contributed by atoms with Crippen molar-refractivity contribution in [2.24, 2.45) is 0 Å². The van der Waals surface area contributed by atoms with Crippen molar-refractivity contribution in [1.82, 2.24) is 10.3 Å². The molecular weight excluding hydrogens is 594 g/mol. The monoisotopic (exact) mass is 615 g/mol. The molecule has 43 heavy (non-hydrogen) atoms. The minimum Gasteiger partial charge on any atom is -0.383 e. The molecule has 0 radical (unpaired) electrons. The maximum Gasteiger partial charge on any atom is 0.257 e. The van der Waals surface area contributed by atoms with Gasteiger partial charge in [-0.3, -0.25) is 24.2 Å². The highest BCUT2D eigenvalue weighted by Crippen LogP contribution is 2.40. The maximum atomic E-state index is 14.6. The van der Waals surface area contributed by atoms with Gasteiger partial charge < -0.3 is 10.4 Å². The molecule has 0 bridgehead atoms. The first-order valence-electron chi connectivity index (χ1n) is 13.0. The number of anilines is 2. The fraction of sp³-hybridized carbons (Fsp3) is 0.276.